The van der Waals surface area contributed by atoms with Crippen LogP contribution in [-0.2, 0) is 10.0 Å². The topological polar surface area (TPSA) is 46.2 Å². The van der Waals surface area contributed by atoms with Gasteiger partial charge in [0, 0.05) is 11.9 Å². The molecule has 1 atom stereocenters. The summed E-state index contributed by atoms with van der Waals surface area (Å²) in [6.07, 6.45) is 1.75. The van der Waals surface area contributed by atoms with Gasteiger partial charge in [-0.25, -0.2) is 13.1 Å². The molecular weight excluding hydrogens is 270 g/mol. The van der Waals surface area contributed by atoms with Crippen molar-refractivity contribution in [1.29, 1.82) is 0 Å². The normalized spacial score (nSPS) is 13.6. The van der Waals surface area contributed by atoms with E-state index in [9.17, 15) is 8.42 Å². The van der Waals surface area contributed by atoms with Crippen LogP contribution < -0.4 is 4.72 Å². The Morgan fingerprint density at radius 1 is 1.33 bits per heavy atom. The summed E-state index contributed by atoms with van der Waals surface area (Å²) in [7, 11) is -3.46. The Bertz CT molecular complexity index is 500. The molecule has 1 aromatic rings. The quantitative estimate of drug-likeness (QED) is 0.818. The standard InChI is InChI=1S/C13H20ClNO2S/c1-4-5-12(14)9-15-18(16,17)13-8-10(2)6-7-11(13)3/h6-8,12,15H,4-5,9H2,1-3H3. The SMILES string of the molecule is CCCC(Cl)CNS(=O)(=O)c1cc(C)ccc1C. The molecule has 0 fully saturated rings. The molecule has 0 saturated heterocycles. The molecule has 1 aromatic carbocycles. The number of hydrogen-bond acceptors (Lipinski definition) is 2. The highest BCUT2D eigenvalue weighted by Gasteiger charge is 2.17. The third-order valence-corrected chi connectivity index (χ3v) is 4.67. The molecule has 1 unspecified atom stereocenters. The van der Waals surface area contributed by atoms with E-state index in [0.29, 0.717) is 4.90 Å². The van der Waals surface area contributed by atoms with Gasteiger partial charge < -0.3 is 0 Å². The second-order valence-electron chi connectivity index (χ2n) is 4.51. The molecule has 1 rings (SSSR count). The predicted octanol–water partition coefficient (Wildman–Crippen LogP) is 2.99. The summed E-state index contributed by atoms with van der Waals surface area (Å²) < 4.78 is 26.9. The summed E-state index contributed by atoms with van der Waals surface area (Å²) >= 11 is 6.02. The van der Waals surface area contributed by atoms with E-state index in [-0.39, 0.29) is 11.9 Å². The van der Waals surface area contributed by atoms with Crippen LogP contribution in [0.3, 0.4) is 0 Å². The zero-order chi connectivity index (χ0) is 13.8. The van der Waals surface area contributed by atoms with Crippen molar-refractivity contribution >= 4 is 21.6 Å². The Hall–Kier alpha value is -0.580. The number of sulfonamides is 1. The van der Waals surface area contributed by atoms with E-state index in [1.54, 1.807) is 13.0 Å². The van der Waals surface area contributed by atoms with Crippen LogP contribution in [0.25, 0.3) is 0 Å². The summed E-state index contributed by atoms with van der Waals surface area (Å²) in [6.45, 7) is 5.96. The Labute approximate surface area is 115 Å². The second-order valence-corrected chi connectivity index (χ2v) is 6.86. The highest BCUT2D eigenvalue weighted by Crippen LogP contribution is 2.17. The van der Waals surface area contributed by atoms with Crippen molar-refractivity contribution in [3.05, 3.63) is 29.3 Å². The van der Waals surface area contributed by atoms with Gasteiger partial charge in [-0.3, -0.25) is 0 Å². The lowest BCUT2D eigenvalue weighted by atomic mass is 10.2. The van der Waals surface area contributed by atoms with Gasteiger partial charge in [-0.15, -0.1) is 11.6 Å². The van der Waals surface area contributed by atoms with Gasteiger partial charge in [-0.1, -0.05) is 25.5 Å². The van der Waals surface area contributed by atoms with Crippen LogP contribution in [-0.4, -0.2) is 20.3 Å². The van der Waals surface area contributed by atoms with Gasteiger partial charge in [0.15, 0.2) is 0 Å². The van der Waals surface area contributed by atoms with Crippen molar-refractivity contribution in [2.24, 2.45) is 0 Å². The maximum Gasteiger partial charge on any atom is 0.240 e. The van der Waals surface area contributed by atoms with E-state index in [4.69, 9.17) is 11.6 Å². The first-order valence-corrected chi connectivity index (χ1v) is 7.99. The van der Waals surface area contributed by atoms with Gasteiger partial charge in [0.2, 0.25) is 10.0 Å². The summed E-state index contributed by atoms with van der Waals surface area (Å²) in [5.74, 6) is 0. The van der Waals surface area contributed by atoms with Gasteiger partial charge in [-0.05, 0) is 37.5 Å². The fourth-order valence-electron chi connectivity index (χ4n) is 1.69. The van der Waals surface area contributed by atoms with Crippen molar-refractivity contribution in [3.8, 4) is 0 Å². The summed E-state index contributed by atoms with van der Waals surface area (Å²) in [4.78, 5) is 0.336. The molecular formula is C13H20ClNO2S. The molecule has 0 heterocycles. The summed E-state index contributed by atoms with van der Waals surface area (Å²) in [6, 6.07) is 5.39. The number of aryl methyl sites for hydroxylation is 2. The van der Waals surface area contributed by atoms with E-state index >= 15 is 0 Å². The molecule has 0 aliphatic heterocycles. The van der Waals surface area contributed by atoms with Crippen LogP contribution >= 0.6 is 11.6 Å². The maximum atomic E-state index is 12.1. The number of hydrogen-bond donors (Lipinski definition) is 1. The first-order chi connectivity index (χ1) is 8.36. The summed E-state index contributed by atoms with van der Waals surface area (Å²) in [5.41, 5.74) is 1.67. The van der Waals surface area contributed by atoms with E-state index in [0.717, 1.165) is 24.0 Å². The Morgan fingerprint density at radius 3 is 2.61 bits per heavy atom. The number of alkyl halides is 1. The van der Waals surface area contributed by atoms with E-state index in [2.05, 4.69) is 4.72 Å². The van der Waals surface area contributed by atoms with E-state index in [1.165, 1.54) is 0 Å². The van der Waals surface area contributed by atoms with Crippen molar-refractivity contribution in [2.45, 2.75) is 43.9 Å². The van der Waals surface area contributed by atoms with Gasteiger partial charge in [0.1, 0.15) is 0 Å². The van der Waals surface area contributed by atoms with E-state index < -0.39 is 10.0 Å². The Morgan fingerprint density at radius 2 is 2.00 bits per heavy atom. The van der Waals surface area contributed by atoms with Gasteiger partial charge in [-0.2, -0.15) is 0 Å². The molecule has 0 spiro atoms. The first-order valence-electron chi connectivity index (χ1n) is 6.07. The lowest BCUT2D eigenvalue weighted by Crippen LogP contribution is -2.30. The minimum Gasteiger partial charge on any atom is -0.210 e. The van der Waals surface area contributed by atoms with Crippen LogP contribution in [0, 0.1) is 13.8 Å². The lowest BCUT2D eigenvalue weighted by Gasteiger charge is -2.12. The zero-order valence-corrected chi connectivity index (χ0v) is 12.6. The Balaban J connectivity index is 2.83. The van der Waals surface area contributed by atoms with Gasteiger partial charge >= 0.3 is 0 Å². The minimum atomic E-state index is -3.46. The average molecular weight is 290 g/mol. The predicted molar refractivity (Wildman–Crippen MR) is 75.7 cm³/mol. The molecule has 3 nitrogen and oxygen atoms in total. The highest BCUT2D eigenvalue weighted by atomic mass is 35.5. The molecule has 5 heteroatoms. The smallest absolute Gasteiger partial charge is 0.210 e. The molecule has 0 radical (unpaired) electrons. The third-order valence-electron chi connectivity index (χ3n) is 2.73. The number of halogens is 1. The monoisotopic (exact) mass is 289 g/mol. The third kappa shape index (κ3) is 4.26. The van der Waals surface area contributed by atoms with Crippen LogP contribution in [0.1, 0.15) is 30.9 Å². The van der Waals surface area contributed by atoms with Crippen molar-refractivity contribution in [1.82, 2.24) is 4.72 Å². The maximum absolute atomic E-state index is 12.1. The first kappa shape index (κ1) is 15.5. The number of rotatable bonds is 6. The van der Waals surface area contributed by atoms with Crippen LogP contribution in [0.4, 0.5) is 0 Å². The second kappa shape index (κ2) is 6.55. The highest BCUT2D eigenvalue weighted by molar-refractivity contribution is 7.89. The molecule has 0 aliphatic carbocycles. The summed E-state index contributed by atoms with van der Waals surface area (Å²) in [5, 5.41) is -0.158. The molecule has 0 bridgehead atoms. The average Bonchev–Trinajstić information content (AvgIpc) is 2.30. The zero-order valence-electron chi connectivity index (χ0n) is 11.0. The fourth-order valence-corrected chi connectivity index (χ4v) is 3.49. The fraction of sp³-hybridized carbons (Fsp3) is 0.538. The molecule has 0 amide bonds. The van der Waals surface area contributed by atoms with Crippen molar-refractivity contribution in [2.75, 3.05) is 6.54 Å². The number of benzene rings is 1. The molecule has 18 heavy (non-hydrogen) atoms. The number of nitrogens with one attached hydrogen (secondary N) is 1. The van der Waals surface area contributed by atoms with E-state index in [1.807, 2.05) is 26.0 Å². The van der Waals surface area contributed by atoms with Crippen LogP contribution in [0.15, 0.2) is 23.1 Å². The molecule has 102 valence electrons. The Kier molecular flexibility index (Phi) is 5.63. The largest absolute Gasteiger partial charge is 0.240 e. The van der Waals surface area contributed by atoms with Gasteiger partial charge in [0.05, 0.1) is 4.90 Å². The van der Waals surface area contributed by atoms with Gasteiger partial charge in [0.25, 0.3) is 0 Å². The van der Waals surface area contributed by atoms with Crippen LogP contribution in [0.2, 0.25) is 0 Å². The minimum absolute atomic E-state index is 0.158. The van der Waals surface area contributed by atoms with Crippen molar-refractivity contribution < 1.29 is 8.42 Å². The molecule has 0 saturated carbocycles. The molecule has 0 aliphatic rings. The van der Waals surface area contributed by atoms with Crippen molar-refractivity contribution in [3.63, 3.8) is 0 Å². The van der Waals surface area contributed by atoms with Crippen LogP contribution in [0.5, 0.6) is 0 Å². The lowest BCUT2D eigenvalue weighted by molar-refractivity contribution is 0.576. The molecule has 0 aromatic heterocycles. The molecule has 1 N–H and O–H groups in total.